The number of carbonyl (C=O) groups is 1. The van der Waals surface area contributed by atoms with Gasteiger partial charge < -0.3 is 36.8 Å². The van der Waals surface area contributed by atoms with E-state index >= 15 is 0 Å². The number of Topliss-reactive ketones (excluding diaryl/α,β-unsaturated/α-hetero) is 1. The number of nitrogen functional groups attached to an aromatic ring is 1. The van der Waals surface area contributed by atoms with Crippen molar-refractivity contribution in [3.63, 3.8) is 0 Å². The number of piperidine rings is 2. The Labute approximate surface area is 414 Å². The second-order valence-electron chi connectivity index (χ2n) is 17.0. The van der Waals surface area contributed by atoms with Gasteiger partial charge in [0, 0.05) is 139 Å². The van der Waals surface area contributed by atoms with Gasteiger partial charge in [-0.25, -0.2) is 45.2 Å². The number of rotatable bonds is 11. The summed E-state index contributed by atoms with van der Waals surface area (Å²) in [6.07, 6.45) is 14.6. The van der Waals surface area contributed by atoms with Gasteiger partial charge in [0.15, 0.2) is 17.6 Å². The van der Waals surface area contributed by atoms with Crippen LogP contribution in [0, 0.1) is 11.3 Å². The first kappa shape index (κ1) is 55.8. The van der Waals surface area contributed by atoms with Crippen LogP contribution in [0.5, 0.6) is 0 Å². The number of halogens is 1. The Morgan fingerprint density at radius 1 is 0.868 bits per heavy atom. The van der Waals surface area contributed by atoms with Crippen LogP contribution in [-0.4, -0.2) is 164 Å². The van der Waals surface area contributed by atoms with Gasteiger partial charge in [-0.1, -0.05) is 26.4 Å². The minimum Gasteiger partial charge on any atom is -0.383 e. The van der Waals surface area contributed by atoms with Gasteiger partial charge in [-0.05, 0) is 31.6 Å². The van der Waals surface area contributed by atoms with Crippen LogP contribution in [0.15, 0.2) is 28.7 Å². The van der Waals surface area contributed by atoms with Crippen molar-refractivity contribution in [2.24, 2.45) is 17.4 Å². The smallest absolute Gasteiger partial charge is 0.324 e. The van der Waals surface area contributed by atoms with Gasteiger partial charge in [0.25, 0.3) is 0 Å². The highest BCUT2D eigenvalue weighted by Crippen LogP contribution is 2.27. The van der Waals surface area contributed by atoms with E-state index in [-0.39, 0.29) is 56.4 Å². The summed E-state index contributed by atoms with van der Waals surface area (Å²) in [7, 11) is -5.90. The number of aromatic nitrogens is 6. The van der Waals surface area contributed by atoms with Crippen molar-refractivity contribution in [3.05, 3.63) is 52.5 Å². The summed E-state index contributed by atoms with van der Waals surface area (Å²) in [6, 6.07) is 0.651. The van der Waals surface area contributed by atoms with Crippen LogP contribution in [-0.2, 0) is 60.8 Å². The van der Waals surface area contributed by atoms with Crippen LogP contribution in [0.2, 0.25) is 0 Å². The first-order valence-electron chi connectivity index (χ1n) is 23.4. The lowest BCUT2D eigenvalue weighted by Gasteiger charge is -2.30. The van der Waals surface area contributed by atoms with Gasteiger partial charge in [0.1, 0.15) is 0 Å². The first-order chi connectivity index (χ1) is 32.8. The number of fused-ring (bicyclic) bond motifs is 2. The van der Waals surface area contributed by atoms with E-state index in [1.807, 2.05) is 0 Å². The molecule has 0 amide bonds. The van der Waals surface area contributed by atoms with E-state index in [1.165, 1.54) is 25.4 Å². The zero-order valence-electron chi connectivity index (χ0n) is 43.3. The number of hydrogen-bond donors (Lipinski definition) is 5. The van der Waals surface area contributed by atoms with E-state index in [2.05, 4.69) is 65.6 Å². The van der Waals surface area contributed by atoms with E-state index in [4.69, 9.17) is 21.6 Å². The van der Waals surface area contributed by atoms with E-state index < -0.39 is 30.1 Å². The Kier molecular flexibility index (Phi) is 21.5. The summed E-state index contributed by atoms with van der Waals surface area (Å²) in [6.45, 7) is 8.99. The van der Waals surface area contributed by atoms with Crippen molar-refractivity contribution in [2.75, 3.05) is 94.6 Å². The molecule has 4 aliphatic heterocycles. The SMILES string of the molecule is C.CC(C)c1noc(N2CCC(CCCNc3ncc4c(n3)CCN(S(C)(=O)=O)C4)CC2)n1.CN(C)/C=C1/CN(S(C)(=O)=O)CCC1=O.CS(=O)(=O)N1CCc2nc(N)ncc2C1.Cl.N=C(N)N.[2H][2H].[2H][2H]. The van der Waals surface area contributed by atoms with Crippen LogP contribution >= 0.6 is 12.4 Å². The third-order valence-electron chi connectivity index (χ3n) is 10.8. The van der Waals surface area contributed by atoms with E-state index in [1.54, 1.807) is 37.6 Å². The molecule has 0 radical (unpaired) electrons. The fourth-order valence-corrected chi connectivity index (χ4v) is 9.68. The lowest BCUT2D eigenvalue weighted by molar-refractivity contribution is -0.116. The molecule has 3 aromatic heterocycles. The van der Waals surface area contributed by atoms with Crippen molar-refractivity contribution in [2.45, 2.75) is 85.2 Å². The molecule has 0 bridgehead atoms. The molecule has 2 fully saturated rings. The van der Waals surface area contributed by atoms with Gasteiger partial charge in [0.05, 0.1) is 30.2 Å². The minimum atomic E-state index is -3.20. The molecule has 0 aliphatic carbocycles. The molecule has 3 aromatic rings. The number of ketones is 1. The molecule has 7 rings (SSSR count). The third-order valence-corrected chi connectivity index (χ3v) is 14.6. The number of nitrogens with two attached hydrogens (primary N) is 3. The molecule has 0 spiro atoms. The molecule has 68 heavy (non-hydrogen) atoms. The van der Waals surface area contributed by atoms with Crippen molar-refractivity contribution < 1.29 is 40.5 Å². The Morgan fingerprint density at radius 2 is 1.37 bits per heavy atom. The average Bonchev–Trinajstić information content (AvgIpc) is 3.80. The van der Waals surface area contributed by atoms with Gasteiger partial charge in [-0.15, -0.1) is 12.4 Å². The fraction of sp³-hybridized carbons (Fsp3) is 0.650. The number of nitrogens with zero attached hydrogens (tertiary/aromatic N) is 11. The topological polar surface area (TPSA) is 340 Å². The summed E-state index contributed by atoms with van der Waals surface area (Å²) in [5.41, 5.74) is 18.5. The number of guanidine groups is 1. The summed E-state index contributed by atoms with van der Waals surface area (Å²) >= 11 is 0. The lowest BCUT2D eigenvalue weighted by Crippen LogP contribution is -2.39. The Hall–Kier alpha value is -4.80. The molecule has 388 valence electrons. The molecular weight excluding hydrogens is 964 g/mol. The number of sulfonamides is 3. The van der Waals surface area contributed by atoms with Crippen LogP contribution < -0.4 is 27.4 Å². The van der Waals surface area contributed by atoms with Crippen molar-refractivity contribution in [1.82, 2.24) is 47.9 Å². The molecule has 0 saturated carbocycles. The molecule has 8 N–H and O–H groups in total. The maximum atomic E-state index is 11.7. The van der Waals surface area contributed by atoms with Gasteiger partial charge >= 0.3 is 6.01 Å². The molecule has 4 aliphatic rings. The summed E-state index contributed by atoms with van der Waals surface area (Å²) in [5.74, 6) is 2.31. The highest BCUT2D eigenvalue weighted by Gasteiger charge is 2.28. The van der Waals surface area contributed by atoms with E-state index in [9.17, 15) is 30.0 Å². The quantitative estimate of drug-likeness (QED) is 0.0791. The molecular formula is C40H75ClN16O8S3. The normalized spacial score (nSPS) is 17.9. The molecule has 2 saturated heterocycles. The second kappa shape index (κ2) is 26.3. The predicted octanol–water partition coefficient (Wildman–Crippen LogP) is 1.84. The van der Waals surface area contributed by atoms with Gasteiger partial charge in [-0.2, -0.15) is 17.9 Å². The molecule has 0 unspecified atom stereocenters. The Morgan fingerprint density at radius 3 is 1.87 bits per heavy atom. The van der Waals surface area contributed by atoms with E-state index in [0.717, 1.165) is 79.9 Å². The number of hydrogen-bond acceptors (Lipinski definition) is 19. The molecule has 7 heterocycles. The molecule has 0 aromatic carbocycles. The molecule has 0 atom stereocenters. The summed E-state index contributed by atoms with van der Waals surface area (Å²) in [5, 5.41) is 13.4. The molecule has 24 nitrogen and oxygen atoms in total. The van der Waals surface area contributed by atoms with Crippen molar-refractivity contribution in [1.29, 1.82) is 5.41 Å². The zero-order chi connectivity index (χ0) is 53.0. The third kappa shape index (κ3) is 18.9. The van der Waals surface area contributed by atoms with Crippen LogP contribution in [0.3, 0.4) is 0 Å². The minimum absolute atomic E-state index is 0. The van der Waals surface area contributed by atoms with Crippen molar-refractivity contribution in [3.8, 4) is 0 Å². The van der Waals surface area contributed by atoms with Gasteiger partial charge in [-0.3, -0.25) is 10.2 Å². The Balaban J connectivity index is 0.00000106. The highest BCUT2D eigenvalue weighted by molar-refractivity contribution is 7.88. The summed E-state index contributed by atoms with van der Waals surface area (Å²) in [4.78, 5) is 36.8. The summed E-state index contributed by atoms with van der Waals surface area (Å²) < 4.78 is 98.4. The fourth-order valence-electron chi connectivity index (χ4n) is 7.29. The van der Waals surface area contributed by atoms with Crippen molar-refractivity contribution >= 4 is 72.1 Å². The van der Waals surface area contributed by atoms with Gasteiger partial charge in [0.2, 0.25) is 42.0 Å². The van der Waals surface area contributed by atoms with Crippen LogP contribution in [0.4, 0.5) is 17.9 Å². The monoisotopic (exact) mass is 1040 g/mol. The standard InChI is InChI=1S/C21H33N7O3S.C9H16N2O3S.C8H12N4O2S.CH5N3.CH4.ClH.2H2/c1-15(2)19-25-21(31-26-19)27-10-6-16(7-11-27)5-4-9-22-20-23-13-17-14-28(32(3,29)30)12-8-18(17)24-20;1-10(2)6-8-7-11(15(3,13)14)5-4-9(8)12;1-15(13,14)12-3-2-7-6(5-12)4-10-8(9)11-7;2-1(3)4;;;;/h13,15-16H,4-12,14H2,1-3H3,(H,22,23,24);6H,4-5,7H2,1-3H3;4H,2-3,5H2,1H3,(H2,9,10,11);(H5,2,3,4);1H4;3*1H/b;8-6-;;;;;;/i;;;;;;2*1+1D. The maximum absolute atomic E-state index is 11.7. The average molecular weight is 1040 g/mol. The largest absolute Gasteiger partial charge is 0.383 e. The van der Waals surface area contributed by atoms with Crippen LogP contribution in [0.1, 0.15) is 93.6 Å². The van der Waals surface area contributed by atoms with Crippen LogP contribution in [0.25, 0.3) is 0 Å². The molecule has 28 heteroatoms. The zero-order valence-corrected chi connectivity index (χ0v) is 42.5. The van der Waals surface area contributed by atoms with E-state index in [0.29, 0.717) is 69.0 Å². The predicted molar refractivity (Wildman–Crippen MR) is 270 cm³/mol. The number of anilines is 3. The highest BCUT2D eigenvalue weighted by atomic mass is 35.5. The second-order valence-corrected chi connectivity index (χ2v) is 22.9. The maximum Gasteiger partial charge on any atom is 0.324 e. The number of carbonyl (C=O) groups excluding carboxylic acids is 1. The lowest BCUT2D eigenvalue weighted by atomic mass is 9.92. The first-order valence-corrected chi connectivity index (χ1v) is 27.0. The Bertz CT molecular complexity index is 2520. The number of nitrogens with one attached hydrogen (secondary N) is 2.